The van der Waals surface area contributed by atoms with Gasteiger partial charge in [0.25, 0.3) is 6.47 Å². The van der Waals surface area contributed by atoms with E-state index in [9.17, 15) is 4.79 Å². The molecular weight excluding hydrogens is 146 g/mol. The Morgan fingerprint density at radius 2 is 2.27 bits per heavy atom. The zero-order chi connectivity index (χ0) is 8.69. The molecule has 0 aliphatic heterocycles. The second kappa shape index (κ2) is 5.73. The van der Waals surface area contributed by atoms with Crippen LogP contribution in [0.5, 0.6) is 0 Å². The molecule has 0 amide bonds. The Labute approximate surface area is 66.2 Å². The van der Waals surface area contributed by atoms with Crippen LogP contribution in [0.3, 0.4) is 0 Å². The van der Waals surface area contributed by atoms with Crippen LogP contribution in [0.15, 0.2) is 11.5 Å². The van der Waals surface area contributed by atoms with E-state index in [1.54, 1.807) is 14.0 Å². The lowest BCUT2D eigenvalue weighted by molar-refractivity contribution is -0.125. The second-order valence-electron chi connectivity index (χ2n) is 1.93. The average Bonchev–Trinajstić information content (AvgIpc) is 2.00. The van der Waals surface area contributed by atoms with Crippen molar-refractivity contribution in [2.24, 2.45) is 0 Å². The molecule has 0 aromatic carbocycles. The van der Waals surface area contributed by atoms with Crippen molar-refractivity contribution < 1.29 is 14.3 Å². The molecule has 11 heavy (non-hydrogen) atoms. The molecule has 0 unspecified atom stereocenters. The van der Waals surface area contributed by atoms with Crippen molar-refractivity contribution in [2.45, 2.75) is 6.92 Å². The summed E-state index contributed by atoms with van der Waals surface area (Å²) in [5.41, 5.74) is 0. The van der Waals surface area contributed by atoms with Crippen LogP contribution in [-0.2, 0) is 14.3 Å². The molecule has 0 bridgehead atoms. The fraction of sp³-hybridized carbons (Fsp3) is 0.571. The van der Waals surface area contributed by atoms with E-state index < -0.39 is 0 Å². The SMILES string of the molecule is CNC/C(OC)=C(\C)OC=O. The third kappa shape index (κ3) is 3.62. The first kappa shape index (κ1) is 9.97. The molecule has 0 saturated heterocycles. The minimum absolute atomic E-state index is 0.379. The fourth-order valence-electron chi connectivity index (χ4n) is 0.639. The van der Waals surface area contributed by atoms with E-state index in [1.807, 2.05) is 0 Å². The monoisotopic (exact) mass is 159 g/mol. The van der Waals surface area contributed by atoms with Gasteiger partial charge in [0.05, 0.1) is 13.7 Å². The number of carbonyl (C=O) groups excluding carboxylic acids is 1. The summed E-state index contributed by atoms with van der Waals surface area (Å²) >= 11 is 0. The van der Waals surface area contributed by atoms with Crippen molar-refractivity contribution in [1.82, 2.24) is 5.32 Å². The molecular formula is C7H13NO3. The predicted molar refractivity (Wildman–Crippen MR) is 40.8 cm³/mol. The highest BCUT2D eigenvalue weighted by molar-refractivity contribution is 5.39. The van der Waals surface area contributed by atoms with Crippen LogP contribution < -0.4 is 5.32 Å². The normalized spacial score (nSPS) is 11.9. The van der Waals surface area contributed by atoms with E-state index in [0.29, 0.717) is 24.5 Å². The zero-order valence-corrected chi connectivity index (χ0v) is 7.01. The van der Waals surface area contributed by atoms with Crippen LogP contribution >= 0.6 is 0 Å². The third-order valence-electron chi connectivity index (χ3n) is 1.20. The molecule has 0 aliphatic rings. The number of carbonyl (C=O) groups is 1. The topological polar surface area (TPSA) is 47.6 Å². The summed E-state index contributed by atoms with van der Waals surface area (Å²) in [4.78, 5) is 9.91. The van der Waals surface area contributed by atoms with Gasteiger partial charge in [-0.1, -0.05) is 0 Å². The Kier molecular flexibility index (Phi) is 5.20. The van der Waals surface area contributed by atoms with Crippen molar-refractivity contribution >= 4 is 6.47 Å². The average molecular weight is 159 g/mol. The summed E-state index contributed by atoms with van der Waals surface area (Å²) in [6.07, 6.45) is 0. The smallest absolute Gasteiger partial charge is 0.298 e. The first-order chi connectivity index (χ1) is 5.26. The summed E-state index contributed by atoms with van der Waals surface area (Å²) < 4.78 is 9.52. The highest BCUT2D eigenvalue weighted by Crippen LogP contribution is 2.03. The van der Waals surface area contributed by atoms with E-state index in [0.717, 1.165) is 0 Å². The van der Waals surface area contributed by atoms with Crippen LogP contribution in [0.1, 0.15) is 6.92 Å². The van der Waals surface area contributed by atoms with Gasteiger partial charge in [-0.3, -0.25) is 4.79 Å². The summed E-state index contributed by atoms with van der Waals surface area (Å²) in [6, 6.07) is 0. The summed E-state index contributed by atoms with van der Waals surface area (Å²) in [5, 5.41) is 2.88. The van der Waals surface area contributed by atoms with Crippen molar-refractivity contribution in [1.29, 1.82) is 0 Å². The molecule has 0 heterocycles. The van der Waals surface area contributed by atoms with Gasteiger partial charge < -0.3 is 14.8 Å². The molecule has 0 aromatic heterocycles. The molecule has 0 saturated carbocycles. The number of allylic oxidation sites excluding steroid dienone is 1. The lowest BCUT2D eigenvalue weighted by Crippen LogP contribution is -2.13. The summed E-state index contributed by atoms with van der Waals surface area (Å²) in [5.74, 6) is 1.11. The minimum atomic E-state index is 0.379. The lowest BCUT2D eigenvalue weighted by atomic mass is 10.4. The van der Waals surface area contributed by atoms with E-state index in [4.69, 9.17) is 4.74 Å². The van der Waals surface area contributed by atoms with Gasteiger partial charge in [-0.2, -0.15) is 0 Å². The predicted octanol–water partition coefficient (Wildman–Crippen LogP) is 0.257. The fourth-order valence-corrected chi connectivity index (χ4v) is 0.639. The van der Waals surface area contributed by atoms with E-state index in [2.05, 4.69) is 10.1 Å². The molecule has 0 atom stereocenters. The van der Waals surface area contributed by atoms with Crippen molar-refractivity contribution in [2.75, 3.05) is 20.7 Å². The number of rotatable bonds is 5. The highest BCUT2D eigenvalue weighted by atomic mass is 16.5. The van der Waals surface area contributed by atoms with Gasteiger partial charge in [-0.15, -0.1) is 0 Å². The molecule has 0 radical (unpaired) electrons. The Balaban J connectivity index is 4.13. The van der Waals surface area contributed by atoms with Gasteiger partial charge in [0.15, 0.2) is 0 Å². The Morgan fingerprint density at radius 3 is 2.64 bits per heavy atom. The lowest BCUT2D eigenvalue weighted by Gasteiger charge is -2.07. The maximum absolute atomic E-state index is 9.91. The second-order valence-corrected chi connectivity index (χ2v) is 1.93. The van der Waals surface area contributed by atoms with Crippen LogP contribution in [0.25, 0.3) is 0 Å². The molecule has 0 fully saturated rings. The van der Waals surface area contributed by atoms with Crippen molar-refractivity contribution in [3.05, 3.63) is 11.5 Å². The van der Waals surface area contributed by atoms with Crippen molar-refractivity contribution in [3.63, 3.8) is 0 Å². The molecule has 1 N–H and O–H groups in total. The number of ether oxygens (including phenoxy) is 2. The largest absolute Gasteiger partial charge is 0.496 e. The van der Waals surface area contributed by atoms with Gasteiger partial charge in [0, 0.05) is 0 Å². The third-order valence-corrected chi connectivity index (χ3v) is 1.20. The molecule has 0 rings (SSSR count). The Hall–Kier alpha value is -1.03. The minimum Gasteiger partial charge on any atom is -0.496 e. The van der Waals surface area contributed by atoms with Crippen LogP contribution in [0, 0.1) is 0 Å². The quantitative estimate of drug-likeness (QED) is 0.461. The van der Waals surface area contributed by atoms with Crippen molar-refractivity contribution in [3.8, 4) is 0 Å². The Bertz CT molecular complexity index is 154. The number of methoxy groups -OCH3 is 1. The number of hydrogen-bond acceptors (Lipinski definition) is 4. The van der Waals surface area contributed by atoms with Crippen LogP contribution in [-0.4, -0.2) is 27.2 Å². The van der Waals surface area contributed by atoms with Gasteiger partial charge >= 0.3 is 0 Å². The van der Waals surface area contributed by atoms with E-state index in [1.165, 1.54) is 7.11 Å². The molecule has 0 aromatic rings. The molecule has 64 valence electrons. The first-order valence-corrected chi connectivity index (χ1v) is 3.25. The first-order valence-electron chi connectivity index (χ1n) is 3.25. The van der Waals surface area contributed by atoms with Gasteiger partial charge in [-0.25, -0.2) is 0 Å². The van der Waals surface area contributed by atoms with Gasteiger partial charge in [0.2, 0.25) is 0 Å². The van der Waals surface area contributed by atoms with Crippen LogP contribution in [0.4, 0.5) is 0 Å². The standard InChI is InChI=1S/C7H13NO3/c1-6(11-5-9)7(10-3)4-8-2/h5,8H,4H2,1-3H3/b7-6-. The summed E-state index contributed by atoms with van der Waals surface area (Å²) in [6.45, 7) is 2.60. The van der Waals surface area contributed by atoms with E-state index in [-0.39, 0.29) is 0 Å². The molecule has 0 aliphatic carbocycles. The maximum Gasteiger partial charge on any atom is 0.298 e. The molecule has 4 heteroatoms. The number of likely N-dealkylation sites (N-methyl/N-ethyl adjacent to an activating group) is 1. The van der Waals surface area contributed by atoms with Gasteiger partial charge in [0.1, 0.15) is 11.5 Å². The summed E-state index contributed by atoms with van der Waals surface area (Å²) in [7, 11) is 3.32. The van der Waals surface area contributed by atoms with Gasteiger partial charge in [-0.05, 0) is 14.0 Å². The number of nitrogens with one attached hydrogen (secondary N) is 1. The zero-order valence-electron chi connectivity index (χ0n) is 7.01. The number of hydrogen-bond donors (Lipinski definition) is 1. The highest BCUT2D eigenvalue weighted by Gasteiger charge is 2.01. The molecule has 0 spiro atoms. The Morgan fingerprint density at radius 1 is 1.64 bits per heavy atom. The van der Waals surface area contributed by atoms with Crippen LogP contribution in [0.2, 0.25) is 0 Å². The molecule has 4 nitrogen and oxygen atoms in total. The van der Waals surface area contributed by atoms with E-state index >= 15 is 0 Å². The maximum atomic E-state index is 9.91.